The van der Waals surface area contributed by atoms with E-state index in [-0.39, 0.29) is 23.8 Å². The molecular weight excluding hydrogens is 436 g/mol. The summed E-state index contributed by atoms with van der Waals surface area (Å²) in [6.07, 6.45) is 5.43. The molecule has 0 aliphatic carbocycles. The number of nitrogens with one attached hydrogen (secondary N) is 1. The number of thioether (sulfide) groups is 1. The van der Waals surface area contributed by atoms with Gasteiger partial charge >= 0.3 is 0 Å². The van der Waals surface area contributed by atoms with Gasteiger partial charge in [0.25, 0.3) is 11.8 Å². The number of fused-ring (bicyclic) bond motifs is 1. The van der Waals surface area contributed by atoms with Crippen LogP contribution in [0.15, 0.2) is 32.7 Å². The number of amides is 2. The zero-order chi connectivity index (χ0) is 22.0. The normalized spacial score (nSPS) is 14.9. The average Bonchev–Trinajstić information content (AvgIpc) is 3.50. The van der Waals surface area contributed by atoms with Crippen LogP contribution in [0.3, 0.4) is 0 Å². The van der Waals surface area contributed by atoms with Crippen LogP contribution in [0.4, 0.5) is 0 Å². The van der Waals surface area contributed by atoms with E-state index in [0.29, 0.717) is 43.1 Å². The van der Waals surface area contributed by atoms with Crippen molar-refractivity contribution < 1.29 is 14.0 Å². The van der Waals surface area contributed by atoms with Crippen LogP contribution in [0.1, 0.15) is 52.4 Å². The highest BCUT2D eigenvalue weighted by Gasteiger charge is 2.29. The monoisotopic (exact) mass is 460 g/mol. The van der Waals surface area contributed by atoms with Gasteiger partial charge in [-0.3, -0.25) is 9.59 Å². The van der Waals surface area contributed by atoms with Gasteiger partial charge in [-0.15, -0.1) is 21.5 Å². The topological polar surface area (TPSA) is 106 Å². The van der Waals surface area contributed by atoms with Crippen molar-refractivity contribution >= 4 is 34.9 Å². The minimum Gasteiger partial charge on any atom is -0.472 e. The zero-order valence-corrected chi connectivity index (χ0v) is 19.2. The van der Waals surface area contributed by atoms with Crippen molar-refractivity contribution in [2.75, 3.05) is 19.3 Å². The molecule has 1 N–H and O–H groups in total. The minimum atomic E-state index is -0.312. The Morgan fingerprint density at radius 2 is 2.10 bits per heavy atom. The van der Waals surface area contributed by atoms with Gasteiger partial charge in [0.05, 0.1) is 17.9 Å². The second-order valence-corrected chi connectivity index (χ2v) is 9.49. The lowest BCUT2D eigenvalue weighted by molar-refractivity contribution is 0.0753. The molecule has 1 aliphatic rings. The Balaban J connectivity index is 1.51. The molecule has 0 radical (unpaired) electrons. The number of aromatic nitrogens is 4. The van der Waals surface area contributed by atoms with Crippen molar-refractivity contribution in [1.82, 2.24) is 30.0 Å². The lowest BCUT2D eigenvalue weighted by atomic mass is 10.0. The molecule has 164 valence electrons. The summed E-state index contributed by atoms with van der Waals surface area (Å²) in [4.78, 5) is 31.7. The number of furan rings is 1. The maximum Gasteiger partial charge on any atom is 0.273 e. The highest BCUT2D eigenvalue weighted by atomic mass is 32.2. The number of carbonyl (C=O) groups excluding carboxylic acids is 2. The van der Waals surface area contributed by atoms with Gasteiger partial charge in [0.1, 0.15) is 22.1 Å². The standard InChI is InChI=1S/C20H24N6O3S2/c1-12(2)16(22-18(27)13-5-9-29-10-13)17-24-23-15-4-6-25(7-8-26(15)17)19(28)14-11-31-20(21-14)30-3/h5,9-12,16H,4,6-8H2,1-3H3,(H,22,27). The summed E-state index contributed by atoms with van der Waals surface area (Å²) in [6, 6.07) is 1.31. The first-order valence-corrected chi connectivity index (χ1v) is 12.1. The molecule has 1 unspecified atom stereocenters. The number of thiazole rings is 1. The van der Waals surface area contributed by atoms with Gasteiger partial charge < -0.3 is 19.2 Å². The number of hydrogen-bond acceptors (Lipinski definition) is 8. The Bertz CT molecular complexity index is 1060. The molecule has 31 heavy (non-hydrogen) atoms. The Morgan fingerprint density at radius 3 is 2.77 bits per heavy atom. The first-order chi connectivity index (χ1) is 15.0. The van der Waals surface area contributed by atoms with E-state index in [2.05, 4.69) is 20.5 Å². The predicted molar refractivity (Wildman–Crippen MR) is 117 cm³/mol. The maximum absolute atomic E-state index is 12.9. The molecule has 1 atom stereocenters. The van der Waals surface area contributed by atoms with Crippen LogP contribution in [0.25, 0.3) is 0 Å². The minimum absolute atomic E-state index is 0.0644. The smallest absolute Gasteiger partial charge is 0.273 e. The van der Waals surface area contributed by atoms with Gasteiger partial charge in [0, 0.05) is 31.4 Å². The third kappa shape index (κ3) is 4.52. The van der Waals surface area contributed by atoms with E-state index in [4.69, 9.17) is 4.42 Å². The second-order valence-electron chi connectivity index (χ2n) is 7.58. The summed E-state index contributed by atoms with van der Waals surface area (Å²) in [5.41, 5.74) is 0.950. The fraction of sp³-hybridized carbons (Fsp3) is 0.450. The molecule has 1 aliphatic heterocycles. The molecule has 0 fully saturated rings. The van der Waals surface area contributed by atoms with Gasteiger partial charge in [-0.2, -0.15) is 0 Å². The van der Waals surface area contributed by atoms with Gasteiger partial charge in [-0.25, -0.2) is 4.98 Å². The van der Waals surface area contributed by atoms with E-state index in [9.17, 15) is 9.59 Å². The fourth-order valence-electron chi connectivity index (χ4n) is 3.54. The molecule has 0 aromatic carbocycles. The van der Waals surface area contributed by atoms with Crippen LogP contribution < -0.4 is 5.32 Å². The molecule has 4 heterocycles. The Labute approximate surface area is 188 Å². The van der Waals surface area contributed by atoms with Crippen molar-refractivity contribution in [2.24, 2.45) is 5.92 Å². The number of carbonyl (C=O) groups is 2. The van der Waals surface area contributed by atoms with E-state index < -0.39 is 0 Å². The van der Waals surface area contributed by atoms with Crippen molar-refractivity contribution in [2.45, 2.75) is 37.2 Å². The lowest BCUT2D eigenvalue weighted by Gasteiger charge is -2.23. The number of rotatable bonds is 6. The molecule has 0 bridgehead atoms. The first kappa shape index (κ1) is 21.6. The van der Waals surface area contributed by atoms with Crippen LogP contribution in [0, 0.1) is 5.92 Å². The SMILES string of the molecule is CSc1nc(C(=O)N2CCc3nnc(C(NC(=O)c4ccoc4)C(C)C)n3CC2)cs1. The second kappa shape index (κ2) is 9.23. The summed E-state index contributed by atoms with van der Waals surface area (Å²) in [5.74, 6) is 1.34. The summed E-state index contributed by atoms with van der Waals surface area (Å²) in [7, 11) is 0. The Morgan fingerprint density at radius 1 is 1.26 bits per heavy atom. The average molecular weight is 461 g/mol. The van der Waals surface area contributed by atoms with Crippen molar-refractivity contribution in [3.63, 3.8) is 0 Å². The fourth-order valence-corrected chi connectivity index (χ4v) is 4.77. The van der Waals surface area contributed by atoms with Gasteiger partial charge in [0.2, 0.25) is 0 Å². The summed E-state index contributed by atoms with van der Waals surface area (Å²) in [6.45, 7) is 5.70. The van der Waals surface area contributed by atoms with E-state index in [1.165, 1.54) is 35.6 Å². The van der Waals surface area contributed by atoms with Gasteiger partial charge in [0.15, 0.2) is 5.82 Å². The summed E-state index contributed by atoms with van der Waals surface area (Å²) >= 11 is 3.01. The van der Waals surface area contributed by atoms with Crippen molar-refractivity contribution in [1.29, 1.82) is 0 Å². The molecule has 4 rings (SSSR count). The molecule has 9 nitrogen and oxygen atoms in total. The Hall–Kier alpha value is -2.66. The summed E-state index contributed by atoms with van der Waals surface area (Å²) < 4.78 is 7.93. The predicted octanol–water partition coefficient (Wildman–Crippen LogP) is 2.88. The molecule has 11 heteroatoms. The molecule has 2 amide bonds. The molecule has 3 aromatic heterocycles. The van der Waals surface area contributed by atoms with Crippen molar-refractivity contribution in [3.8, 4) is 0 Å². The largest absolute Gasteiger partial charge is 0.472 e. The third-order valence-electron chi connectivity index (χ3n) is 5.23. The van der Waals surface area contributed by atoms with Gasteiger partial charge in [-0.05, 0) is 18.2 Å². The molecule has 3 aromatic rings. The highest BCUT2D eigenvalue weighted by Crippen LogP contribution is 2.24. The number of nitrogens with zero attached hydrogens (tertiary/aromatic N) is 5. The van der Waals surface area contributed by atoms with Crippen LogP contribution in [0.5, 0.6) is 0 Å². The summed E-state index contributed by atoms with van der Waals surface area (Å²) in [5, 5.41) is 13.6. The maximum atomic E-state index is 12.9. The van der Waals surface area contributed by atoms with Crippen molar-refractivity contribution in [3.05, 3.63) is 46.9 Å². The molecule has 0 spiro atoms. The quantitative estimate of drug-likeness (QED) is 0.564. The lowest BCUT2D eigenvalue weighted by Crippen LogP contribution is -2.35. The van der Waals surface area contributed by atoms with Gasteiger partial charge in [-0.1, -0.05) is 25.6 Å². The number of hydrogen-bond donors (Lipinski definition) is 1. The van der Waals surface area contributed by atoms with E-state index in [0.717, 1.165) is 10.2 Å². The first-order valence-electron chi connectivity index (χ1n) is 10.0. The van der Waals surface area contributed by atoms with Crippen LogP contribution in [0.2, 0.25) is 0 Å². The Kier molecular flexibility index (Phi) is 6.42. The third-order valence-corrected chi connectivity index (χ3v) is 7.10. The van der Waals surface area contributed by atoms with Crippen LogP contribution in [-0.2, 0) is 13.0 Å². The highest BCUT2D eigenvalue weighted by molar-refractivity contribution is 8.00. The van der Waals surface area contributed by atoms with Crippen LogP contribution in [-0.4, -0.2) is 55.8 Å². The van der Waals surface area contributed by atoms with E-state index in [1.54, 1.807) is 6.07 Å². The molecular formula is C20H24N6O3S2. The van der Waals surface area contributed by atoms with E-state index in [1.807, 2.05) is 35.0 Å². The van der Waals surface area contributed by atoms with Crippen LogP contribution >= 0.6 is 23.1 Å². The zero-order valence-electron chi connectivity index (χ0n) is 17.6. The molecule has 0 saturated heterocycles. The molecule has 0 saturated carbocycles. The van der Waals surface area contributed by atoms with E-state index >= 15 is 0 Å².